The minimum Gasteiger partial charge on any atom is -0.464 e. The lowest BCUT2D eigenvalue weighted by Crippen LogP contribution is -2.62. The van der Waals surface area contributed by atoms with Crippen molar-refractivity contribution in [1.29, 1.82) is 0 Å². The van der Waals surface area contributed by atoms with Crippen molar-refractivity contribution in [1.82, 2.24) is 37.2 Å². The van der Waals surface area contributed by atoms with Crippen LogP contribution in [0.1, 0.15) is 176 Å². The second-order valence-electron chi connectivity index (χ2n) is 20.9. The third-order valence-electron chi connectivity index (χ3n) is 13.3. The van der Waals surface area contributed by atoms with Crippen LogP contribution in [0.2, 0.25) is 0 Å². The number of nitrogens with one attached hydrogen (secondary N) is 7. The number of nitrogens with two attached hydrogens (primary N) is 6. The van der Waals surface area contributed by atoms with Gasteiger partial charge in [0.25, 0.3) is 0 Å². The van der Waals surface area contributed by atoms with Gasteiger partial charge < -0.3 is 86.6 Å². The summed E-state index contributed by atoms with van der Waals surface area (Å²) in [5.41, 5.74) is 34.8. The fraction of sp³-hybridized carbons (Fsp3) is 0.849. The van der Waals surface area contributed by atoms with E-state index < -0.39 is 108 Å². The number of carbonyl (C=O) groups excluding carboxylic acids is 8. The van der Waals surface area contributed by atoms with Gasteiger partial charge in [-0.1, -0.05) is 53.4 Å². The van der Waals surface area contributed by atoms with Crippen LogP contribution in [0.15, 0.2) is 0 Å². The van der Waals surface area contributed by atoms with Gasteiger partial charge >= 0.3 is 5.97 Å². The molecular formula is C53H105N13O11. The molecule has 0 aromatic carbocycles. The number of esters is 1. The molecule has 0 saturated carbocycles. The van der Waals surface area contributed by atoms with E-state index in [2.05, 4.69) is 51.1 Å². The van der Waals surface area contributed by atoms with Gasteiger partial charge in [-0.15, -0.1) is 0 Å². The van der Waals surface area contributed by atoms with Crippen molar-refractivity contribution in [2.45, 2.75) is 237 Å². The molecule has 0 heterocycles. The van der Waals surface area contributed by atoms with Gasteiger partial charge in [0.15, 0.2) is 0 Å². The fourth-order valence-electron chi connectivity index (χ4n) is 8.32. The molecule has 0 spiro atoms. The molecule has 0 aromatic heterocycles. The first-order valence-electron chi connectivity index (χ1n) is 28.5. The molecular weight excluding hydrogens is 995 g/mol. The number of hydrogen-bond acceptors (Lipinski definition) is 17. The second kappa shape index (κ2) is 43.3. The summed E-state index contributed by atoms with van der Waals surface area (Å²) in [6.07, 6.45) is 7.17. The van der Waals surface area contributed by atoms with Crippen LogP contribution in [0.3, 0.4) is 0 Å². The topological polar surface area (TPSA) is 427 Å². The molecule has 24 nitrogen and oxygen atoms in total. The van der Waals surface area contributed by atoms with Gasteiger partial charge in [0.2, 0.25) is 41.4 Å². The summed E-state index contributed by atoms with van der Waals surface area (Å²) in [6, 6.07) is -10.2. The fourth-order valence-corrected chi connectivity index (χ4v) is 8.32. The monoisotopic (exact) mass is 1100 g/mol. The Hall–Kier alpha value is -4.56. The van der Waals surface area contributed by atoms with Crippen molar-refractivity contribution >= 4 is 47.3 Å². The Labute approximate surface area is 459 Å². The van der Waals surface area contributed by atoms with Crippen LogP contribution in [-0.2, 0) is 43.1 Å². The van der Waals surface area contributed by atoms with Crippen molar-refractivity contribution in [3.05, 3.63) is 0 Å². The summed E-state index contributed by atoms with van der Waals surface area (Å²) in [6.45, 7) is 12.4. The number of ether oxygens (including phenoxy) is 1. The maximum Gasteiger partial charge on any atom is 0.328 e. The lowest BCUT2D eigenvalue weighted by Gasteiger charge is -2.29. The number of rotatable bonds is 46. The molecule has 0 aromatic rings. The minimum absolute atomic E-state index is 0.0145. The van der Waals surface area contributed by atoms with Crippen molar-refractivity contribution in [3.8, 4) is 0 Å². The molecule has 0 saturated heterocycles. The summed E-state index contributed by atoms with van der Waals surface area (Å²) in [7, 11) is 0. The van der Waals surface area contributed by atoms with E-state index in [1.165, 1.54) is 13.8 Å². The van der Waals surface area contributed by atoms with Crippen molar-refractivity contribution in [2.24, 2.45) is 46.2 Å². The number of amides is 7. The van der Waals surface area contributed by atoms with E-state index in [9.17, 15) is 48.6 Å². The Morgan fingerprint density at radius 2 is 0.714 bits per heavy atom. The van der Waals surface area contributed by atoms with E-state index in [-0.39, 0.29) is 57.7 Å². The number of unbranched alkanes of at least 4 members (excludes halogenated alkanes) is 7. The Bertz CT molecular complexity index is 1700. The Kier molecular flexibility index (Phi) is 40.8. The number of aliphatic hydroxyl groups excluding tert-OH is 2. The lowest BCUT2D eigenvalue weighted by molar-refractivity contribution is -0.149. The van der Waals surface area contributed by atoms with Gasteiger partial charge in [-0.05, 0) is 168 Å². The second-order valence-corrected chi connectivity index (χ2v) is 20.9. The maximum absolute atomic E-state index is 14.2. The predicted molar refractivity (Wildman–Crippen MR) is 298 cm³/mol. The largest absolute Gasteiger partial charge is 0.464 e. The molecule has 0 aliphatic carbocycles. The van der Waals surface area contributed by atoms with Crippen molar-refractivity contribution in [2.75, 3.05) is 39.3 Å². The molecule has 24 heteroatoms. The van der Waals surface area contributed by atoms with E-state index in [0.29, 0.717) is 103 Å². The first-order valence-corrected chi connectivity index (χ1v) is 28.5. The third-order valence-corrected chi connectivity index (χ3v) is 13.3. The molecule has 1 unspecified atom stereocenters. The van der Waals surface area contributed by atoms with E-state index >= 15 is 0 Å². The molecule has 0 aliphatic rings. The molecule has 0 fully saturated rings. The first-order chi connectivity index (χ1) is 36.6. The van der Waals surface area contributed by atoms with E-state index in [4.69, 9.17) is 39.1 Å². The van der Waals surface area contributed by atoms with Crippen LogP contribution in [0, 0.1) is 11.8 Å². The smallest absolute Gasteiger partial charge is 0.328 e. The molecule has 7 amide bonds. The average molecular weight is 1100 g/mol. The lowest BCUT2D eigenvalue weighted by atomic mass is 10.0. The van der Waals surface area contributed by atoms with E-state index in [0.717, 1.165) is 25.7 Å². The zero-order valence-corrected chi connectivity index (χ0v) is 47.6. The molecule has 0 bridgehead atoms. The van der Waals surface area contributed by atoms with Crippen LogP contribution < -0.4 is 71.6 Å². The Morgan fingerprint density at radius 1 is 0.403 bits per heavy atom. The number of aliphatic hydroxyl groups is 2. The molecule has 0 radical (unpaired) electrons. The van der Waals surface area contributed by atoms with Gasteiger partial charge in [-0.25, -0.2) is 4.79 Å². The molecule has 11 atom stereocenters. The van der Waals surface area contributed by atoms with Gasteiger partial charge in [0.1, 0.15) is 42.3 Å². The van der Waals surface area contributed by atoms with Crippen LogP contribution in [0.4, 0.5) is 0 Å². The summed E-state index contributed by atoms with van der Waals surface area (Å²) in [5.74, 6) is -5.47. The van der Waals surface area contributed by atoms with Gasteiger partial charge in [0, 0.05) is 0 Å². The summed E-state index contributed by atoms with van der Waals surface area (Å²) < 4.78 is 5.55. The highest BCUT2D eigenvalue weighted by Crippen LogP contribution is 2.14. The highest BCUT2D eigenvalue weighted by atomic mass is 16.5. The van der Waals surface area contributed by atoms with Gasteiger partial charge in [-0.2, -0.15) is 0 Å². The van der Waals surface area contributed by atoms with E-state index in [1.807, 2.05) is 13.8 Å². The number of hydrogen-bond donors (Lipinski definition) is 15. The zero-order valence-electron chi connectivity index (χ0n) is 47.6. The minimum atomic E-state index is -1.65. The average Bonchev–Trinajstić information content (AvgIpc) is 3.38. The SMILES string of the molecule is CCC(C)CCCCCOC(=O)[C@H](CCCCN)NC(=O)[C@@H](NC(=O)[C@H](CCCCN)NC(=O)[C@H](CCCCN)NC(=O)[C@@H](NC(=O)[C@H](CCCCN)NC(=O)[C@@H](CCCCN)NC(=O)[C@@H](N)CC(C)C)[C@@H](C)O)[C@@H](C)O. The quantitative estimate of drug-likeness (QED) is 0.0265. The predicted octanol–water partition coefficient (Wildman–Crippen LogP) is -0.690. The Morgan fingerprint density at radius 3 is 1.05 bits per heavy atom. The molecule has 0 rings (SSSR count). The van der Waals surface area contributed by atoms with Gasteiger partial charge in [0.05, 0.1) is 24.9 Å². The molecule has 21 N–H and O–H groups in total. The standard InChI is InChI=1S/C53H105N13O11/c1-7-35(4)21-9-8-20-32-77-53(76)43(26-14-19-31-58)64-52(75)45(37(6)68)66-50(73)42(25-13-18-30-57)62-48(71)40(23-11-16-28-55)63-51(74)44(36(5)67)65-49(72)41(24-12-17-29-56)61-47(70)39(22-10-15-27-54)60-46(69)38(59)33-34(2)3/h34-45,67-68H,7-33,54-59H2,1-6H3,(H,60,69)(H,61,70)(H,62,71)(H,63,74)(H,64,75)(H,65,72)(H,66,73)/t35?,36-,37-,38+,39-,40+,41+,42+,43+,44+,45+/m1/s1. The van der Waals surface area contributed by atoms with Crippen LogP contribution in [0.25, 0.3) is 0 Å². The van der Waals surface area contributed by atoms with Crippen molar-refractivity contribution in [3.63, 3.8) is 0 Å². The highest BCUT2D eigenvalue weighted by Gasteiger charge is 2.36. The van der Waals surface area contributed by atoms with Crippen LogP contribution in [0.5, 0.6) is 0 Å². The molecule has 0 aliphatic heterocycles. The molecule has 448 valence electrons. The Balaban J connectivity index is 6.55. The third kappa shape index (κ3) is 32.2. The highest BCUT2D eigenvalue weighted by molar-refractivity contribution is 5.97. The van der Waals surface area contributed by atoms with Gasteiger partial charge in [-0.3, -0.25) is 33.6 Å². The van der Waals surface area contributed by atoms with Crippen LogP contribution in [-0.4, -0.2) is 157 Å². The zero-order chi connectivity index (χ0) is 58.3. The molecule has 77 heavy (non-hydrogen) atoms. The van der Waals surface area contributed by atoms with E-state index in [1.54, 1.807) is 0 Å². The summed E-state index contributed by atoms with van der Waals surface area (Å²) in [5, 5.41) is 40.2. The first kappa shape index (κ1) is 72.4. The number of carbonyl (C=O) groups is 8. The normalized spacial score (nSPS) is 15.7. The van der Waals surface area contributed by atoms with Crippen LogP contribution >= 0.6 is 0 Å². The van der Waals surface area contributed by atoms with Crippen molar-refractivity contribution < 1.29 is 53.3 Å². The summed E-state index contributed by atoms with van der Waals surface area (Å²) in [4.78, 5) is 110. The maximum atomic E-state index is 14.2. The summed E-state index contributed by atoms with van der Waals surface area (Å²) >= 11 is 0.